The number of rotatable bonds is 2. The van der Waals surface area contributed by atoms with E-state index in [-0.39, 0.29) is 0 Å². The Morgan fingerprint density at radius 2 is 1.88 bits per heavy atom. The molecule has 2 rings (SSSR count). The fourth-order valence-electron chi connectivity index (χ4n) is 2.65. The third-order valence-corrected chi connectivity index (χ3v) is 3.89. The van der Waals surface area contributed by atoms with Crippen LogP contribution in [0.15, 0.2) is 12.3 Å². The summed E-state index contributed by atoms with van der Waals surface area (Å²) < 4.78 is 0. The molecule has 1 fully saturated rings. The molecule has 1 aromatic rings. The zero-order valence-corrected chi connectivity index (χ0v) is 10.9. The summed E-state index contributed by atoms with van der Waals surface area (Å²) in [5, 5.41) is 0. The number of nitrogen functional groups attached to an aromatic ring is 1. The summed E-state index contributed by atoms with van der Waals surface area (Å²) in [6, 6.07) is 2.58. The molecule has 1 aliphatic carbocycles. The van der Waals surface area contributed by atoms with E-state index in [9.17, 15) is 0 Å². The van der Waals surface area contributed by atoms with Gasteiger partial charge in [-0.3, -0.25) is 0 Å². The molecular weight excluding hydrogens is 210 g/mol. The van der Waals surface area contributed by atoms with Gasteiger partial charge in [0, 0.05) is 19.3 Å². The third-order valence-electron chi connectivity index (χ3n) is 3.89. The average molecular weight is 233 g/mol. The Bertz CT molecular complexity index is 368. The number of nitrogens with zero attached hydrogens (tertiary/aromatic N) is 2. The molecule has 17 heavy (non-hydrogen) atoms. The van der Waals surface area contributed by atoms with Crippen LogP contribution in [0, 0.1) is 6.92 Å². The van der Waals surface area contributed by atoms with Gasteiger partial charge < -0.3 is 10.6 Å². The number of hydrogen-bond acceptors (Lipinski definition) is 3. The van der Waals surface area contributed by atoms with E-state index in [2.05, 4.69) is 16.9 Å². The molecule has 1 saturated carbocycles. The van der Waals surface area contributed by atoms with Crippen LogP contribution in [0.2, 0.25) is 0 Å². The van der Waals surface area contributed by atoms with E-state index < -0.39 is 0 Å². The van der Waals surface area contributed by atoms with Crippen molar-refractivity contribution in [3.8, 4) is 0 Å². The molecular formula is C14H23N3. The van der Waals surface area contributed by atoms with Crippen molar-refractivity contribution < 1.29 is 0 Å². The molecule has 0 aromatic carbocycles. The molecule has 0 amide bonds. The van der Waals surface area contributed by atoms with Crippen molar-refractivity contribution in [2.45, 2.75) is 51.5 Å². The summed E-state index contributed by atoms with van der Waals surface area (Å²) in [5.41, 5.74) is 8.08. The Labute approximate surface area is 104 Å². The van der Waals surface area contributed by atoms with Crippen LogP contribution >= 0.6 is 0 Å². The standard InChI is InChI=1S/C14H23N3/c1-11-9-10-16-14(13(11)15)17(2)12-7-5-3-4-6-8-12/h9-10,12H,3-8,15H2,1-2H3. The Morgan fingerprint density at radius 1 is 1.24 bits per heavy atom. The summed E-state index contributed by atoms with van der Waals surface area (Å²) in [4.78, 5) is 6.73. The van der Waals surface area contributed by atoms with Gasteiger partial charge in [-0.15, -0.1) is 0 Å². The Hall–Kier alpha value is -1.25. The van der Waals surface area contributed by atoms with Crippen LogP contribution in [0.25, 0.3) is 0 Å². The van der Waals surface area contributed by atoms with E-state index >= 15 is 0 Å². The first-order valence-corrected chi connectivity index (χ1v) is 6.64. The first-order chi connectivity index (χ1) is 8.20. The lowest BCUT2D eigenvalue weighted by molar-refractivity contribution is 0.549. The predicted molar refractivity (Wildman–Crippen MR) is 73.3 cm³/mol. The minimum Gasteiger partial charge on any atom is -0.396 e. The predicted octanol–water partition coefficient (Wildman–Crippen LogP) is 3.13. The van der Waals surface area contributed by atoms with Gasteiger partial charge in [0.2, 0.25) is 0 Å². The van der Waals surface area contributed by atoms with E-state index in [4.69, 9.17) is 5.73 Å². The molecule has 0 unspecified atom stereocenters. The second-order valence-corrected chi connectivity index (χ2v) is 5.12. The Balaban J connectivity index is 2.17. The normalized spacial score (nSPS) is 17.8. The lowest BCUT2D eigenvalue weighted by atomic mass is 10.1. The zero-order chi connectivity index (χ0) is 12.3. The number of hydrogen-bond donors (Lipinski definition) is 1. The van der Waals surface area contributed by atoms with Crippen LogP contribution in [-0.2, 0) is 0 Å². The number of nitrogens with two attached hydrogens (primary N) is 1. The van der Waals surface area contributed by atoms with Gasteiger partial charge in [-0.1, -0.05) is 25.7 Å². The van der Waals surface area contributed by atoms with Crippen LogP contribution in [-0.4, -0.2) is 18.1 Å². The maximum absolute atomic E-state index is 6.13. The lowest BCUT2D eigenvalue weighted by Gasteiger charge is -2.29. The SMILES string of the molecule is Cc1ccnc(N(C)C2CCCCCC2)c1N. The van der Waals surface area contributed by atoms with Gasteiger partial charge in [0.1, 0.15) is 0 Å². The summed E-state index contributed by atoms with van der Waals surface area (Å²) >= 11 is 0. The number of pyridine rings is 1. The van der Waals surface area contributed by atoms with Gasteiger partial charge in [0.25, 0.3) is 0 Å². The number of anilines is 2. The zero-order valence-electron chi connectivity index (χ0n) is 10.9. The first-order valence-electron chi connectivity index (χ1n) is 6.64. The molecule has 0 radical (unpaired) electrons. The maximum atomic E-state index is 6.13. The van der Waals surface area contributed by atoms with Gasteiger partial charge in [0.05, 0.1) is 5.69 Å². The highest BCUT2D eigenvalue weighted by atomic mass is 15.2. The van der Waals surface area contributed by atoms with Gasteiger partial charge in [-0.25, -0.2) is 4.98 Å². The molecule has 0 spiro atoms. The molecule has 1 aliphatic rings. The number of aromatic nitrogens is 1. The molecule has 0 bridgehead atoms. The van der Waals surface area contributed by atoms with Crippen molar-refractivity contribution in [2.75, 3.05) is 17.7 Å². The van der Waals surface area contributed by atoms with Crippen molar-refractivity contribution in [1.82, 2.24) is 4.98 Å². The van der Waals surface area contributed by atoms with Gasteiger partial charge >= 0.3 is 0 Å². The number of aryl methyl sites for hydroxylation is 1. The molecule has 1 aromatic heterocycles. The van der Waals surface area contributed by atoms with Gasteiger partial charge in [-0.2, -0.15) is 0 Å². The van der Waals surface area contributed by atoms with E-state index in [1.54, 1.807) is 0 Å². The molecule has 0 saturated heterocycles. The smallest absolute Gasteiger partial charge is 0.152 e. The minimum atomic E-state index is 0.606. The fraction of sp³-hybridized carbons (Fsp3) is 0.643. The molecule has 0 atom stereocenters. The largest absolute Gasteiger partial charge is 0.396 e. The van der Waals surface area contributed by atoms with Crippen LogP contribution in [0.3, 0.4) is 0 Å². The highest BCUT2D eigenvalue weighted by Crippen LogP contribution is 2.28. The van der Waals surface area contributed by atoms with E-state index in [0.717, 1.165) is 17.1 Å². The van der Waals surface area contributed by atoms with Crippen LogP contribution < -0.4 is 10.6 Å². The van der Waals surface area contributed by atoms with E-state index in [0.29, 0.717) is 6.04 Å². The third kappa shape index (κ3) is 2.71. The van der Waals surface area contributed by atoms with Crippen molar-refractivity contribution in [2.24, 2.45) is 0 Å². The maximum Gasteiger partial charge on any atom is 0.152 e. The van der Waals surface area contributed by atoms with Gasteiger partial charge in [0.15, 0.2) is 5.82 Å². The monoisotopic (exact) mass is 233 g/mol. The Morgan fingerprint density at radius 3 is 2.53 bits per heavy atom. The molecule has 3 heteroatoms. The van der Waals surface area contributed by atoms with Crippen molar-refractivity contribution in [3.63, 3.8) is 0 Å². The highest BCUT2D eigenvalue weighted by molar-refractivity contribution is 5.66. The van der Waals surface area contributed by atoms with Crippen LogP contribution in [0.4, 0.5) is 11.5 Å². The quantitative estimate of drug-likeness (QED) is 0.798. The van der Waals surface area contributed by atoms with E-state index in [1.807, 2.05) is 19.2 Å². The Kier molecular flexibility index (Phi) is 3.87. The van der Waals surface area contributed by atoms with Gasteiger partial charge in [-0.05, 0) is 31.4 Å². The average Bonchev–Trinajstić information content (AvgIpc) is 2.60. The fourth-order valence-corrected chi connectivity index (χ4v) is 2.65. The van der Waals surface area contributed by atoms with Crippen LogP contribution in [0.5, 0.6) is 0 Å². The second-order valence-electron chi connectivity index (χ2n) is 5.12. The van der Waals surface area contributed by atoms with Crippen LogP contribution in [0.1, 0.15) is 44.1 Å². The second kappa shape index (κ2) is 5.39. The summed E-state index contributed by atoms with van der Waals surface area (Å²) in [6.07, 6.45) is 9.81. The minimum absolute atomic E-state index is 0.606. The lowest BCUT2D eigenvalue weighted by Crippen LogP contribution is -2.32. The molecule has 94 valence electrons. The molecule has 0 aliphatic heterocycles. The highest BCUT2D eigenvalue weighted by Gasteiger charge is 2.19. The van der Waals surface area contributed by atoms with Crippen molar-refractivity contribution in [3.05, 3.63) is 17.8 Å². The molecule has 1 heterocycles. The van der Waals surface area contributed by atoms with E-state index in [1.165, 1.54) is 38.5 Å². The topological polar surface area (TPSA) is 42.2 Å². The molecule has 3 nitrogen and oxygen atoms in total. The summed E-state index contributed by atoms with van der Waals surface area (Å²) in [7, 11) is 2.13. The van der Waals surface area contributed by atoms with Crippen molar-refractivity contribution >= 4 is 11.5 Å². The summed E-state index contributed by atoms with van der Waals surface area (Å²) in [5.74, 6) is 0.955. The first kappa shape index (κ1) is 12.2. The molecule has 2 N–H and O–H groups in total. The summed E-state index contributed by atoms with van der Waals surface area (Å²) in [6.45, 7) is 2.04. The van der Waals surface area contributed by atoms with Crippen molar-refractivity contribution in [1.29, 1.82) is 0 Å².